The number of carbonyl (C=O) groups excluding carboxylic acids is 2. The number of hydrogen-bond acceptors (Lipinski definition) is 8. The topological polar surface area (TPSA) is 117 Å². The summed E-state index contributed by atoms with van der Waals surface area (Å²) in [7, 11) is -2.43. The third kappa shape index (κ3) is 6.90. The van der Waals surface area contributed by atoms with Crippen molar-refractivity contribution in [2.75, 3.05) is 44.7 Å². The molecule has 0 unspecified atom stereocenters. The van der Waals surface area contributed by atoms with Gasteiger partial charge in [0, 0.05) is 42.5 Å². The Hall–Kier alpha value is -3.28. The van der Waals surface area contributed by atoms with E-state index in [1.54, 1.807) is 37.9 Å². The Labute approximate surface area is 294 Å². The molecule has 1 spiro atoms. The van der Waals surface area contributed by atoms with Crippen LogP contribution in [0.1, 0.15) is 63.5 Å². The van der Waals surface area contributed by atoms with Gasteiger partial charge >= 0.3 is 6.09 Å². The smallest absolute Gasteiger partial charge is 0.407 e. The second-order valence-electron chi connectivity index (χ2n) is 15.2. The van der Waals surface area contributed by atoms with Crippen LogP contribution >= 0.6 is 11.6 Å². The van der Waals surface area contributed by atoms with Crippen LogP contribution in [0, 0.1) is 17.8 Å². The molecule has 0 radical (unpaired) electrons. The number of hydrogen-bond donors (Lipinski definition) is 2. The molecule has 3 aliphatic carbocycles. The number of benzene rings is 2. The number of amides is 2. The molecule has 5 aliphatic rings. The summed E-state index contributed by atoms with van der Waals surface area (Å²) in [6.45, 7) is 6.06. The molecule has 49 heavy (non-hydrogen) atoms. The SMILES string of the molecule is CN1C/C=C/[C@H](OC(=O)NCC2CC2)[C@@H]2CC[C@H]2CN2C[C@@]3(CCCc4cc(Cl)ccc43)COc3ccc(cc32)S(=O)(=O)NC(=O)C1(C)C. The fraction of sp³-hybridized carbons (Fsp3) is 0.568. The fourth-order valence-electron chi connectivity index (χ4n) is 7.84. The second kappa shape index (κ2) is 13.1. The predicted octanol–water partition coefficient (Wildman–Crippen LogP) is 5.43. The van der Waals surface area contributed by atoms with Crippen molar-refractivity contribution >= 4 is 39.3 Å². The molecule has 2 fully saturated rings. The molecule has 2 aliphatic heterocycles. The van der Waals surface area contributed by atoms with Gasteiger partial charge in [-0.05, 0) is 125 Å². The summed E-state index contributed by atoms with van der Waals surface area (Å²) in [6.07, 6.45) is 9.97. The summed E-state index contributed by atoms with van der Waals surface area (Å²) < 4.78 is 42.5. The van der Waals surface area contributed by atoms with Gasteiger partial charge in [-0.15, -0.1) is 0 Å². The number of ether oxygens (including phenoxy) is 2. The molecule has 2 aromatic rings. The number of alkyl carbamates (subject to hydrolysis) is 1. The molecule has 10 nitrogen and oxygen atoms in total. The van der Waals surface area contributed by atoms with Crippen molar-refractivity contribution in [2.45, 2.75) is 80.7 Å². The van der Waals surface area contributed by atoms with E-state index in [0.29, 0.717) is 55.2 Å². The van der Waals surface area contributed by atoms with Crippen molar-refractivity contribution < 1.29 is 27.5 Å². The summed E-state index contributed by atoms with van der Waals surface area (Å²) in [6, 6.07) is 11.0. The van der Waals surface area contributed by atoms with E-state index in [0.717, 1.165) is 44.9 Å². The van der Waals surface area contributed by atoms with Gasteiger partial charge in [0.1, 0.15) is 11.9 Å². The molecule has 0 saturated heterocycles. The maximum atomic E-state index is 13.7. The Morgan fingerprint density at radius 1 is 1.14 bits per heavy atom. The highest BCUT2D eigenvalue weighted by Crippen LogP contribution is 2.47. The largest absolute Gasteiger partial charge is 0.490 e. The third-order valence-corrected chi connectivity index (χ3v) is 13.2. The van der Waals surface area contributed by atoms with E-state index >= 15 is 0 Å². The highest BCUT2D eigenvalue weighted by Gasteiger charge is 2.45. The van der Waals surface area contributed by atoms with Crippen molar-refractivity contribution in [2.24, 2.45) is 17.8 Å². The Morgan fingerprint density at radius 2 is 1.96 bits per heavy atom. The van der Waals surface area contributed by atoms with E-state index in [-0.39, 0.29) is 22.1 Å². The lowest BCUT2D eigenvalue weighted by Crippen LogP contribution is -2.54. The summed E-state index contributed by atoms with van der Waals surface area (Å²) >= 11 is 6.44. The number of fused-ring (bicyclic) bond motifs is 4. The number of rotatable bonds is 3. The van der Waals surface area contributed by atoms with Crippen LogP contribution in [-0.4, -0.2) is 76.8 Å². The number of halogens is 1. The Morgan fingerprint density at radius 3 is 2.71 bits per heavy atom. The van der Waals surface area contributed by atoms with Crippen LogP contribution in [0.25, 0.3) is 0 Å². The van der Waals surface area contributed by atoms with Crippen LogP contribution in [0.4, 0.5) is 10.5 Å². The normalized spacial score (nSPS) is 30.0. The molecule has 0 aromatic heterocycles. The van der Waals surface area contributed by atoms with E-state index in [1.807, 2.05) is 18.2 Å². The molecule has 12 heteroatoms. The monoisotopic (exact) mass is 710 g/mol. The van der Waals surface area contributed by atoms with E-state index in [1.165, 1.54) is 17.2 Å². The van der Waals surface area contributed by atoms with Crippen LogP contribution in [0.15, 0.2) is 53.4 Å². The molecule has 2 saturated carbocycles. The van der Waals surface area contributed by atoms with Gasteiger partial charge < -0.3 is 19.7 Å². The maximum absolute atomic E-state index is 13.7. The maximum Gasteiger partial charge on any atom is 0.407 e. The standard InChI is InChI=1S/C37H47ClN4O6S/c1-36(2)34(43)40-49(45,46)28-12-15-33-31(19-28)42(22-37(23-47-33)16-4-6-25-18-27(38)11-14-30(25)37)21-26-10-13-29(26)32(7-5-17-41(36)3)48-35(44)39-20-24-8-9-24/h5,7,11-12,14-15,18-19,24,26,29,32H,4,6,8-10,13,16-17,20-23H2,1-3H3,(H,39,44)(H,40,43)/b7-5+/t26-,29+,32-,37-/m0/s1. The van der Waals surface area contributed by atoms with E-state index in [4.69, 9.17) is 21.1 Å². The van der Waals surface area contributed by atoms with Crippen molar-refractivity contribution in [3.63, 3.8) is 0 Å². The number of nitrogens with zero attached hydrogens (tertiary/aromatic N) is 2. The zero-order valence-electron chi connectivity index (χ0n) is 28.5. The molecule has 2 heterocycles. The molecular formula is C37H47ClN4O6S. The van der Waals surface area contributed by atoms with Crippen molar-refractivity contribution in [3.05, 3.63) is 64.7 Å². The molecule has 2 N–H and O–H groups in total. The Kier molecular flexibility index (Phi) is 9.15. The Balaban J connectivity index is 1.28. The molecule has 7 rings (SSSR count). The predicted molar refractivity (Wildman–Crippen MR) is 189 cm³/mol. The minimum Gasteiger partial charge on any atom is -0.490 e. The van der Waals surface area contributed by atoms with Gasteiger partial charge in [-0.25, -0.2) is 17.9 Å². The van der Waals surface area contributed by atoms with Gasteiger partial charge in [0.15, 0.2) is 0 Å². The lowest BCUT2D eigenvalue weighted by molar-refractivity contribution is -0.128. The van der Waals surface area contributed by atoms with Crippen LogP contribution in [0.5, 0.6) is 5.75 Å². The first-order chi connectivity index (χ1) is 23.3. The van der Waals surface area contributed by atoms with Crippen LogP contribution in [0.2, 0.25) is 5.02 Å². The van der Waals surface area contributed by atoms with Gasteiger partial charge in [0.25, 0.3) is 15.9 Å². The molecule has 4 atom stereocenters. The third-order valence-electron chi connectivity index (χ3n) is 11.6. The van der Waals surface area contributed by atoms with Crippen molar-refractivity contribution in [1.29, 1.82) is 0 Å². The molecular weight excluding hydrogens is 664 g/mol. The number of aryl methyl sites for hydroxylation is 1. The average Bonchev–Trinajstić information content (AvgIpc) is 3.89. The van der Waals surface area contributed by atoms with Gasteiger partial charge in [-0.1, -0.05) is 23.7 Å². The van der Waals surface area contributed by atoms with Crippen molar-refractivity contribution in [3.8, 4) is 5.75 Å². The summed E-state index contributed by atoms with van der Waals surface area (Å²) in [4.78, 5) is 30.6. The average molecular weight is 711 g/mol. The highest BCUT2D eigenvalue weighted by atomic mass is 35.5. The van der Waals surface area contributed by atoms with Gasteiger partial charge in [0.2, 0.25) is 0 Å². The van der Waals surface area contributed by atoms with Crippen LogP contribution in [0.3, 0.4) is 0 Å². The van der Waals surface area contributed by atoms with Gasteiger partial charge in [-0.3, -0.25) is 9.69 Å². The zero-order valence-corrected chi connectivity index (χ0v) is 30.1. The van der Waals surface area contributed by atoms with E-state index < -0.39 is 33.7 Å². The van der Waals surface area contributed by atoms with E-state index in [9.17, 15) is 18.0 Å². The first-order valence-corrected chi connectivity index (χ1v) is 19.4. The number of likely N-dealkylation sites (N-methyl/N-ethyl adjacent to an activating group) is 1. The molecule has 264 valence electrons. The number of anilines is 1. The van der Waals surface area contributed by atoms with E-state index in [2.05, 4.69) is 27.1 Å². The fourth-order valence-corrected chi connectivity index (χ4v) is 9.16. The Bertz CT molecular complexity index is 1760. The minimum absolute atomic E-state index is 0.00382. The number of nitrogens with one attached hydrogen (secondary N) is 2. The zero-order chi connectivity index (χ0) is 34.6. The molecule has 2 amide bonds. The lowest BCUT2D eigenvalue weighted by Gasteiger charge is -2.46. The number of carbonyl (C=O) groups is 2. The van der Waals surface area contributed by atoms with Gasteiger partial charge in [-0.2, -0.15) is 0 Å². The second-order valence-corrected chi connectivity index (χ2v) is 17.4. The van der Waals surface area contributed by atoms with Crippen molar-refractivity contribution in [1.82, 2.24) is 14.9 Å². The molecule has 2 bridgehead atoms. The summed E-state index contributed by atoms with van der Waals surface area (Å²) in [5.74, 6) is 0.758. The lowest BCUT2D eigenvalue weighted by atomic mass is 9.68. The molecule has 2 aromatic carbocycles. The summed E-state index contributed by atoms with van der Waals surface area (Å²) in [5, 5.41) is 3.67. The highest BCUT2D eigenvalue weighted by molar-refractivity contribution is 7.90. The first kappa shape index (κ1) is 34.2. The number of sulfonamides is 1. The van der Waals surface area contributed by atoms with Crippen LogP contribution < -0.4 is 19.7 Å². The van der Waals surface area contributed by atoms with Crippen LogP contribution in [-0.2, 0) is 31.4 Å². The first-order valence-electron chi connectivity index (χ1n) is 17.5. The quantitative estimate of drug-likeness (QED) is 0.406. The van der Waals surface area contributed by atoms with Gasteiger partial charge in [0.05, 0.1) is 22.7 Å². The summed E-state index contributed by atoms with van der Waals surface area (Å²) in [5.41, 5.74) is 1.63. The minimum atomic E-state index is -4.20.